The van der Waals surface area contributed by atoms with Crippen molar-refractivity contribution in [3.8, 4) is 11.5 Å². The lowest BCUT2D eigenvalue weighted by Gasteiger charge is -2.28. The molecule has 3 heterocycles. The van der Waals surface area contributed by atoms with Crippen LogP contribution in [-0.4, -0.2) is 42.3 Å². The van der Waals surface area contributed by atoms with Gasteiger partial charge in [0.25, 0.3) is 0 Å². The number of sulfonamides is 1. The zero-order chi connectivity index (χ0) is 14.2. The highest BCUT2D eigenvalue weighted by Gasteiger charge is 2.30. The summed E-state index contributed by atoms with van der Waals surface area (Å²) in [7, 11) is -3.16. The molecule has 20 heavy (non-hydrogen) atoms. The van der Waals surface area contributed by atoms with Crippen molar-refractivity contribution in [1.82, 2.24) is 14.5 Å². The van der Waals surface area contributed by atoms with E-state index in [-0.39, 0.29) is 5.92 Å². The normalized spacial score (nSPS) is 21.1. The van der Waals surface area contributed by atoms with E-state index in [9.17, 15) is 8.42 Å². The van der Waals surface area contributed by atoms with Gasteiger partial charge in [0.1, 0.15) is 0 Å². The van der Waals surface area contributed by atoms with E-state index in [1.165, 1.54) is 10.6 Å². The Balaban J connectivity index is 1.79. The van der Waals surface area contributed by atoms with E-state index in [2.05, 4.69) is 10.2 Å². The number of hydrogen-bond acceptors (Lipinski definition) is 6. The van der Waals surface area contributed by atoms with Crippen molar-refractivity contribution in [2.24, 2.45) is 0 Å². The van der Waals surface area contributed by atoms with E-state index in [1.807, 2.05) is 16.8 Å². The van der Waals surface area contributed by atoms with Crippen LogP contribution in [0.1, 0.15) is 24.7 Å². The molecule has 1 aliphatic heterocycles. The van der Waals surface area contributed by atoms with Crippen molar-refractivity contribution >= 4 is 21.4 Å². The van der Waals surface area contributed by atoms with Crippen LogP contribution in [0.2, 0.25) is 0 Å². The molecule has 0 aliphatic carbocycles. The fourth-order valence-electron chi connectivity index (χ4n) is 2.35. The number of rotatable bonds is 3. The number of piperidine rings is 1. The monoisotopic (exact) mass is 313 g/mol. The van der Waals surface area contributed by atoms with Gasteiger partial charge in [-0.3, -0.25) is 0 Å². The average molecular weight is 313 g/mol. The third kappa shape index (κ3) is 2.77. The summed E-state index contributed by atoms with van der Waals surface area (Å²) in [6, 6.07) is 1.92. The van der Waals surface area contributed by atoms with E-state index < -0.39 is 10.0 Å². The Hall–Kier alpha value is -1.25. The number of nitrogens with zero attached hydrogens (tertiary/aromatic N) is 3. The maximum Gasteiger partial charge on any atom is 0.248 e. The van der Waals surface area contributed by atoms with Crippen LogP contribution < -0.4 is 0 Å². The van der Waals surface area contributed by atoms with Crippen molar-refractivity contribution in [2.45, 2.75) is 18.8 Å². The van der Waals surface area contributed by atoms with E-state index in [0.717, 1.165) is 18.4 Å². The van der Waals surface area contributed by atoms with Gasteiger partial charge in [0.15, 0.2) is 0 Å². The van der Waals surface area contributed by atoms with Crippen LogP contribution in [0.3, 0.4) is 0 Å². The van der Waals surface area contributed by atoms with E-state index in [0.29, 0.717) is 24.9 Å². The lowest BCUT2D eigenvalue weighted by atomic mass is 10.00. The topological polar surface area (TPSA) is 76.3 Å². The van der Waals surface area contributed by atoms with Crippen molar-refractivity contribution < 1.29 is 12.8 Å². The van der Waals surface area contributed by atoms with Gasteiger partial charge >= 0.3 is 0 Å². The quantitative estimate of drug-likeness (QED) is 0.865. The molecule has 0 bridgehead atoms. The second-order valence-electron chi connectivity index (χ2n) is 4.92. The molecule has 0 saturated carbocycles. The Morgan fingerprint density at radius 3 is 3.00 bits per heavy atom. The summed E-state index contributed by atoms with van der Waals surface area (Å²) in [5, 5.41) is 12.0. The summed E-state index contributed by atoms with van der Waals surface area (Å²) >= 11 is 1.57. The predicted molar refractivity (Wildman–Crippen MR) is 76.0 cm³/mol. The first kappa shape index (κ1) is 13.7. The largest absolute Gasteiger partial charge is 0.420 e. The van der Waals surface area contributed by atoms with Crippen LogP contribution in [0, 0.1) is 0 Å². The molecule has 1 fully saturated rings. The molecule has 8 heteroatoms. The van der Waals surface area contributed by atoms with Gasteiger partial charge in [0, 0.05) is 24.0 Å². The highest BCUT2D eigenvalue weighted by Crippen LogP contribution is 2.29. The van der Waals surface area contributed by atoms with Crippen molar-refractivity contribution in [2.75, 3.05) is 19.3 Å². The third-order valence-corrected chi connectivity index (χ3v) is 5.36. The Bertz CT molecular complexity index is 679. The maximum atomic E-state index is 11.6. The molecule has 0 amide bonds. The molecule has 1 atom stereocenters. The number of thiophene rings is 1. The Labute approximate surface area is 121 Å². The van der Waals surface area contributed by atoms with Gasteiger partial charge in [0.05, 0.1) is 12.2 Å². The van der Waals surface area contributed by atoms with E-state index in [1.54, 1.807) is 11.3 Å². The lowest BCUT2D eigenvalue weighted by Crippen LogP contribution is -2.38. The summed E-state index contributed by atoms with van der Waals surface area (Å²) in [5.74, 6) is 1.01. The van der Waals surface area contributed by atoms with Gasteiger partial charge in [-0.25, -0.2) is 12.7 Å². The van der Waals surface area contributed by atoms with Crippen LogP contribution in [-0.2, 0) is 10.0 Å². The highest BCUT2D eigenvalue weighted by atomic mass is 32.2. The van der Waals surface area contributed by atoms with Crippen LogP contribution >= 0.6 is 11.3 Å². The van der Waals surface area contributed by atoms with E-state index >= 15 is 0 Å². The van der Waals surface area contributed by atoms with Crippen molar-refractivity contribution in [1.29, 1.82) is 0 Å². The lowest BCUT2D eigenvalue weighted by molar-refractivity contribution is 0.287. The first-order valence-electron chi connectivity index (χ1n) is 6.35. The molecule has 0 N–H and O–H groups in total. The molecule has 3 rings (SSSR count). The smallest absolute Gasteiger partial charge is 0.248 e. The molecule has 108 valence electrons. The maximum absolute atomic E-state index is 11.6. The van der Waals surface area contributed by atoms with Crippen molar-refractivity contribution in [3.63, 3.8) is 0 Å². The van der Waals surface area contributed by atoms with Gasteiger partial charge in [-0.05, 0) is 24.3 Å². The summed E-state index contributed by atoms with van der Waals surface area (Å²) in [6.07, 6.45) is 2.92. The van der Waals surface area contributed by atoms with Crippen LogP contribution in [0.15, 0.2) is 21.2 Å². The second kappa shape index (κ2) is 5.27. The molecule has 0 aromatic carbocycles. The fourth-order valence-corrected chi connectivity index (χ4v) is 3.89. The van der Waals surface area contributed by atoms with Crippen LogP contribution in [0.25, 0.3) is 11.5 Å². The minimum atomic E-state index is -3.16. The highest BCUT2D eigenvalue weighted by molar-refractivity contribution is 7.88. The van der Waals surface area contributed by atoms with Crippen molar-refractivity contribution in [3.05, 3.63) is 22.7 Å². The molecule has 0 radical (unpaired) electrons. The molecule has 0 unspecified atom stereocenters. The number of aromatic nitrogens is 2. The second-order valence-corrected chi connectivity index (χ2v) is 7.68. The van der Waals surface area contributed by atoms with Gasteiger partial charge in [0.2, 0.25) is 21.8 Å². The Kier molecular flexibility index (Phi) is 3.61. The molecule has 2 aromatic heterocycles. The first-order chi connectivity index (χ1) is 9.54. The zero-order valence-electron chi connectivity index (χ0n) is 11.0. The summed E-state index contributed by atoms with van der Waals surface area (Å²) in [6.45, 7) is 0.991. The van der Waals surface area contributed by atoms with Gasteiger partial charge < -0.3 is 4.42 Å². The third-order valence-electron chi connectivity index (χ3n) is 3.41. The summed E-state index contributed by atoms with van der Waals surface area (Å²) in [5.41, 5.74) is 0.907. The van der Waals surface area contributed by atoms with E-state index in [4.69, 9.17) is 4.42 Å². The number of hydrogen-bond donors (Lipinski definition) is 0. The SMILES string of the molecule is CS(=O)(=O)N1CCC[C@@H](c2nnc(-c3ccsc3)o2)C1. The Morgan fingerprint density at radius 1 is 1.45 bits per heavy atom. The molecular formula is C12H15N3O3S2. The van der Waals surface area contributed by atoms with Gasteiger partial charge in [-0.15, -0.1) is 10.2 Å². The van der Waals surface area contributed by atoms with Gasteiger partial charge in [-0.2, -0.15) is 11.3 Å². The molecule has 6 nitrogen and oxygen atoms in total. The average Bonchev–Trinajstić information content (AvgIpc) is 3.09. The molecule has 1 saturated heterocycles. The minimum absolute atomic E-state index is 0.0154. The molecule has 0 spiro atoms. The fraction of sp³-hybridized carbons (Fsp3) is 0.500. The zero-order valence-corrected chi connectivity index (χ0v) is 12.7. The molecule has 1 aliphatic rings. The standard InChI is InChI=1S/C12H15N3O3S2/c1-20(16,17)15-5-2-3-9(7-15)11-13-14-12(18-11)10-4-6-19-8-10/h4,6,8-9H,2-3,5,7H2,1H3/t9-/m1/s1. The van der Waals surface area contributed by atoms with Crippen LogP contribution in [0.5, 0.6) is 0 Å². The summed E-state index contributed by atoms with van der Waals surface area (Å²) in [4.78, 5) is 0. The molecular weight excluding hydrogens is 298 g/mol. The summed E-state index contributed by atoms with van der Waals surface area (Å²) < 4.78 is 30.4. The predicted octanol–water partition coefficient (Wildman–Crippen LogP) is 1.94. The molecule has 2 aromatic rings. The Morgan fingerprint density at radius 2 is 2.30 bits per heavy atom. The van der Waals surface area contributed by atoms with Gasteiger partial charge in [-0.1, -0.05) is 0 Å². The van der Waals surface area contributed by atoms with Crippen LogP contribution in [0.4, 0.5) is 0 Å². The first-order valence-corrected chi connectivity index (χ1v) is 9.14. The minimum Gasteiger partial charge on any atom is -0.420 e.